The molecule has 0 amide bonds. The minimum absolute atomic E-state index is 0.482. The van der Waals surface area contributed by atoms with Crippen LogP contribution in [0.2, 0.25) is 0 Å². The normalized spacial score (nSPS) is 21.9. The van der Waals surface area contributed by atoms with Crippen molar-refractivity contribution in [1.29, 1.82) is 0 Å². The molecule has 14 heavy (non-hydrogen) atoms. The maximum atomic E-state index is 5.81. The van der Waals surface area contributed by atoms with Crippen LogP contribution < -0.4 is 16.4 Å². The molecule has 2 rings (SSSR count). The number of rotatable bonds is 2. The fraction of sp³-hybridized carbons (Fsp3) is 0.500. The zero-order chi connectivity index (χ0) is 9.80. The van der Waals surface area contributed by atoms with Crippen molar-refractivity contribution in [1.82, 2.24) is 10.3 Å². The molecule has 1 aliphatic heterocycles. The quantitative estimate of drug-likeness (QED) is 0.649. The number of hydrogen-bond donors (Lipinski definition) is 3. The average molecular weight is 192 g/mol. The lowest BCUT2D eigenvalue weighted by molar-refractivity contribution is 0.480. The highest BCUT2D eigenvalue weighted by Crippen LogP contribution is 2.18. The molecule has 1 aliphatic rings. The summed E-state index contributed by atoms with van der Waals surface area (Å²) in [4.78, 5) is 4.05. The van der Waals surface area contributed by atoms with Gasteiger partial charge in [0.15, 0.2) is 0 Å². The lowest BCUT2D eigenvalue weighted by Crippen LogP contribution is -2.38. The fourth-order valence-corrected chi connectivity index (χ4v) is 1.72. The van der Waals surface area contributed by atoms with Crippen LogP contribution in [0.15, 0.2) is 18.5 Å². The number of nitrogens with two attached hydrogens (primary N) is 1. The molecule has 4 N–H and O–H groups in total. The lowest BCUT2D eigenvalue weighted by Gasteiger charge is -2.25. The van der Waals surface area contributed by atoms with Gasteiger partial charge >= 0.3 is 0 Å². The van der Waals surface area contributed by atoms with E-state index in [1.807, 2.05) is 6.07 Å². The van der Waals surface area contributed by atoms with Gasteiger partial charge in [-0.1, -0.05) is 0 Å². The molecule has 4 nitrogen and oxygen atoms in total. The standard InChI is InChI=1S/C10H16N4/c11-9-3-5-13-7-10(9)14-8-2-1-4-12-6-8/h3,5,7-8,12,14H,1-2,4,6H2,(H2,11,13). The van der Waals surface area contributed by atoms with E-state index in [1.165, 1.54) is 12.8 Å². The second-order valence-electron chi connectivity index (χ2n) is 3.65. The van der Waals surface area contributed by atoms with Crippen LogP contribution in [0.5, 0.6) is 0 Å². The van der Waals surface area contributed by atoms with Crippen molar-refractivity contribution < 1.29 is 0 Å². The molecule has 0 spiro atoms. The number of hydrogen-bond acceptors (Lipinski definition) is 4. The number of nitrogen functional groups attached to an aromatic ring is 1. The second-order valence-corrected chi connectivity index (χ2v) is 3.65. The van der Waals surface area contributed by atoms with Gasteiger partial charge in [0.25, 0.3) is 0 Å². The molecule has 1 saturated heterocycles. The van der Waals surface area contributed by atoms with Gasteiger partial charge < -0.3 is 16.4 Å². The SMILES string of the molecule is Nc1ccncc1NC1CCCNC1. The molecule has 1 atom stereocenters. The zero-order valence-corrected chi connectivity index (χ0v) is 8.16. The Labute approximate surface area is 83.9 Å². The Morgan fingerprint density at radius 1 is 1.57 bits per heavy atom. The lowest BCUT2D eigenvalue weighted by atomic mass is 10.1. The highest BCUT2D eigenvalue weighted by Gasteiger charge is 2.13. The molecule has 1 aromatic rings. The average Bonchev–Trinajstić information content (AvgIpc) is 2.23. The van der Waals surface area contributed by atoms with Gasteiger partial charge in [0.05, 0.1) is 17.6 Å². The molecule has 0 saturated carbocycles. The smallest absolute Gasteiger partial charge is 0.0762 e. The number of piperidine rings is 1. The van der Waals surface area contributed by atoms with Crippen molar-refractivity contribution in [2.75, 3.05) is 24.1 Å². The molecule has 1 fully saturated rings. The van der Waals surface area contributed by atoms with Crippen molar-refractivity contribution in [3.63, 3.8) is 0 Å². The minimum Gasteiger partial charge on any atom is -0.397 e. The van der Waals surface area contributed by atoms with Crippen molar-refractivity contribution >= 4 is 11.4 Å². The van der Waals surface area contributed by atoms with Gasteiger partial charge in [0, 0.05) is 18.8 Å². The molecule has 76 valence electrons. The molecule has 1 unspecified atom stereocenters. The van der Waals surface area contributed by atoms with Gasteiger partial charge in [-0.05, 0) is 25.5 Å². The van der Waals surface area contributed by atoms with E-state index in [4.69, 9.17) is 5.73 Å². The van der Waals surface area contributed by atoms with Crippen LogP contribution in [0.4, 0.5) is 11.4 Å². The summed E-state index contributed by atoms with van der Waals surface area (Å²) < 4.78 is 0. The molecule has 4 heteroatoms. The van der Waals surface area contributed by atoms with Crippen LogP contribution in [0.3, 0.4) is 0 Å². The summed E-state index contributed by atoms with van der Waals surface area (Å²) in [7, 11) is 0. The predicted molar refractivity (Wildman–Crippen MR) is 58.2 cm³/mol. The monoisotopic (exact) mass is 192 g/mol. The van der Waals surface area contributed by atoms with Gasteiger partial charge in [-0.3, -0.25) is 4.98 Å². The molecule has 0 bridgehead atoms. The van der Waals surface area contributed by atoms with E-state index < -0.39 is 0 Å². The first-order chi connectivity index (χ1) is 6.86. The summed E-state index contributed by atoms with van der Waals surface area (Å²) in [5.41, 5.74) is 7.53. The van der Waals surface area contributed by atoms with Gasteiger partial charge in [-0.25, -0.2) is 0 Å². The molecular formula is C10H16N4. The third kappa shape index (κ3) is 2.14. The van der Waals surface area contributed by atoms with Crippen LogP contribution in [0, 0.1) is 0 Å². The predicted octanol–water partition coefficient (Wildman–Crippen LogP) is 0.828. The summed E-state index contributed by atoms with van der Waals surface area (Å²) in [5.74, 6) is 0. The molecule has 0 radical (unpaired) electrons. The summed E-state index contributed by atoms with van der Waals surface area (Å²) in [6.45, 7) is 2.13. The minimum atomic E-state index is 0.482. The van der Waals surface area contributed by atoms with Gasteiger partial charge in [0.1, 0.15) is 0 Å². The van der Waals surface area contributed by atoms with Crippen molar-refractivity contribution in [2.45, 2.75) is 18.9 Å². The molecule has 1 aromatic heterocycles. The van der Waals surface area contributed by atoms with Crippen LogP contribution in [-0.4, -0.2) is 24.1 Å². The molecular weight excluding hydrogens is 176 g/mol. The number of anilines is 2. The van der Waals surface area contributed by atoms with E-state index in [1.54, 1.807) is 12.4 Å². The van der Waals surface area contributed by atoms with E-state index in [0.717, 1.165) is 24.5 Å². The van der Waals surface area contributed by atoms with Gasteiger partial charge in [0.2, 0.25) is 0 Å². The Balaban J connectivity index is 1.99. The van der Waals surface area contributed by atoms with Gasteiger partial charge in [-0.15, -0.1) is 0 Å². The van der Waals surface area contributed by atoms with E-state index >= 15 is 0 Å². The highest BCUT2D eigenvalue weighted by atomic mass is 15.0. The maximum Gasteiger partial charge on any atom is 0.0762 e. The Hall–Kier alpha value is -1.29. The first kappa shape index (κ1) is 9.27. The Morgan fingerprint density at radius 3 is 3.21 bits per heavy atom. The van der Waals surface area contributed by atoms with Crippen LogP contribution in [0.1, 0.15) is 12.8 Å². The second kappa shape index (κ2) is 4.28. The largest absolute Gasteiger partial charge is 0.397 e. The molecule has 0 aromatic carbocycles. The number of nitrogens with one attached hydrogen (secondary N) is 2. The fourth-order valence-electron chi connectivity index (χ4n) is 1.72. The summed E-state index contributed by atoms with van der Waals surface area (Å²) >= 11 is 0. The summed E-state index contributed by atoms with van der Waals surface area (Å²) in [5, 5.41) is 6.75. The number of pyridine rings is 1. The van der Waals surface area contributed by atoms with E-state index in [0.29, 0.717) is 6.04 Å². The molecule has 2 heterocycles. The Kier molecular flexibility index (Phi) is 2.84. The van der Waals surface area contributed by atoms with E-state index in [9.17, 15) is 0 Å². The zero-order valence-electron chi connectivity index (χ0n) is 8.16. The number of aromatic nitrogens is 1. The highest BCUT2D eigenvalue weighted by molar-refractivity contribution is 5.64. The Morgan fingerprint density at radius 2 is 2.50 bits per heavy atom. The Bertz CT molecular complexity index is 294. The first-order valence-corrected chi connectivity index (χ1v) is 5.03. The maximum absolute atomic E-state index is 5.81. The van der Waals surface area contributed by atoms with E-state index in [-0.39, 0.29) is 0 Å². The van der Waals surface area contributed by atoms with Crippen molar-refractivity contribution in [2.24, 2.45) is 0 Å². The third-order valence-corrected chi connectivity index (χ3v) is 2.51. The number of nitrogens with zero attached hydrogens (tertiary/aromatic N) is 1. The summed E-state index contributed by atoms with van der Waals surface area (Å²) in [6.07, 6.45) is 5.91. The van der Waals surface area contributed by atoms with Crippen LogP contribution in [-0.2, 0) is 0 Å². The van der Waals surface area contributed by atoms with E-state index in [2.05, 4.69) is 15.6 Å². The molecule has 0 aliphatic carbocycles. The first-order valence-electron chi connectivity index (χ1n) is 5.03. The van der Waals surface area contributed by atoms with Crippen LogP contribution >= 0.6 is 0 Å². The topological polar surface area (TPSA) is 63.0 Å². The van der Waals surface area contributed by atoms with Crippen LogP contribution in [0.25, 0.3) is 0 Å². The van der Waals surface area contributed by atoms with Crippen molar-refractivity contribution in [3.8, 4) is 0 Å². The third-order valence-electron chi connectivity index (χ3n) is 2.51. The van der Waals surface area contributed by atoms with Gasteiger partial charge in [-0.2, -0.15) is 0 Å². The van der Waals surface area contributed by atoms with Crippen molar-refractivity contribution in [3.05, 3.63) is 18.5 Å². The summed E-state index contributed by atoms with van der Waals surface area (Å²) in [6, 6.07) is 2.30.